The Bertz CT molecular complexity index is 1480. The van der Waals surface area contributed by atoms with Crippen molar-refractivity contribution in [2.45, 2.75) is 64.3 Å². The maximum atomic E-state index is 14.3. The van der Waals surface area contributed by atoms with Gasteiger partial charge >= 0.3 is 6.03 Å². The van der Waals surface area contributed by atoms with Crippen molar-refractivity contribution < 1.29 is 19.1 Å². The molecule has 2 heterocycles. The van der Waals surface area contributed by atoms with Crippen LogP contribution >= 0.6 is 0 Å². The van der Waals surface area contributed by atoms with Crippen molar-refractivity contribution >= 4 is 17.6 Å². The summed E-state index contributed by atoms with van der Waals surface area (Å²) in [6, 6.07) is 24.7. The maximum absolute atomic E-state index is 14.3. The average molecular weight is 567 g/mol. The number of hydrogen-bond acceptors (Lipinski definition) is 6. The normalized spacial score (nSPS) is 20.8. The van der Waals surface area contributed by atoms with Gasteiger partial charge in [0.1, 0.15) is 17.0 Å². The molecule has 3 amide bonds. The number of ether oxygens (including phenoxy) is 2. The van der Waals surface area contributed by atoms with E-state index >= 15 is 0 Å². The van der Waals surface area contributed by atoms with Gasteiger partial charge < -0.3 is 9.47 Å². The lowest BCUT2D eigenvalue weighted by Crippen LogP contribution is -2.59. The van der Waals surface area contributed by atoms with Crippen LogP contribution in [0.5, 0.6) is 11.5 Å². The standard InChI is InChI=1S/C34H38N4O4/c1-24(2)42-31-10-6-8-28(20-31)23-36-18-16-34(21-25(36)3)32(39)37(17-15-26-11-13-30(41-4)14-12-26)33(40)38(34)29-9-5-7-27(19-29)22-35/h5-14,19-20,24-25H,15-18,21,23H2,1-4H3. The molecule has 3 aromatic carbocycles. The first-order valence-electron chi connectivity index (χ1n) is 14.5. The van der Waals surface area contributed by atoms with E-state index in [0.717, 1.165) is 29.2 Å². The summed E-state index contributed by atoms with van der Waals surface area (Å²) >= 11 is 0. The zero-order chi connectivity index (χ0) is 29.9. The minimum Gasteiger partial charge on any atom is -0.497 e. The molecule has 2 fully saturated rings. The van der Waals surface area contributed by atoms with E-state index in [-0.39, 0.29) is 30.6 Å². The van der Waals surface area contributed by atoms with Gasteiger partial charge in [-0.15, -0.1) is 0 Å². The summed E-state index contributed by atoms with van der Waals surface area (Å²) < 4.78 is 11.1. The zero-order valence-corrected chi connectivity index (χ0v) is 24.7. The molecule has 2 unspecified atom stereocenters. The molecule has 3 aromatic rings. The van der Waals surface area contributed by atoms with Crippen LogP contribution in [0, 0.1) is 11.3 Å². The molecule has 0 aromatic heterocycles. The van der Waals surface area contributed by atoms with Crippen molar-refractivity contribution in [2.75, 3.05) is 25.1 Å². The van der Waals surface area contributed by atoms with E-state index in [2.05, 4.69) is 30.0 Å². The Balaban J connectivity index is 1.40. The third-order valence-electron chi connectivity index (χ3n) is 8.23. The summed E-state index contributed by atoms with van der Waals surface area (Å²) in [6.07, 6.45) is 1.63. The van der Waals surface area contributed by atoms with E-state index in [0.29, 0.717) is 37.1 Å². The summed E-state index contributed by atoms with van der Waals surface area (Å²) in [5, 5.41) is 9.55. The highest BCUT2D eigenvalue weighted by molar-refractivity contribution is 6.17. The highest BCUT2D eigenvalue weighted by Gasteiger charge is 2.59. The number of carbonyl (C=O) groups is 2. The lowest BCUT2D eigenvalue weighted by molar-refractivity contribution is -0.133. The molecule has 0 saturated carbocycles. The molecule has 8 nitrogen and oxygen atoms in total. The SMILES string of the molecule is COc1ccc(CCN2C(=O)N(c3cccc(C#N)c3)C3(CCN(Cc4cccc(OC(C)C)c4)C(C)C3)C2=O)cc1. The second-order valence-electron chi connectivity index (χ2n) is 11.5. The molecule has 1 spiro atoms. The topological polar surface area (TPSA) is 86.1 Å². The lowest BCUT2D eigenvalue weighted by atomic mass is 9.81. The summed E-state index contributed by atoms with van der Waals surface area (Å²) in [6.45, 7) is 7.79. The molecule has 8 heteroatoms. The fourth-order valence-corrected chi connectivity index (χ4v) is 6.16. The Labute approximate surface area is 248 Å². The number of carbonyl (C=O) groups excluding carboxylic acids is 2. The molecule has 2 aliphatic heterocycles. The molecule has 2 aliphatic rings. The quantitative estimate of drug-likeness (QED) is 0.305. The molecule has 0 N–H and O–H groups in total. The number of likely N-dealkylation sites (tertiary alicyclic amines) is 1. The van der Waals surface area contributed by atoms with Crippen LogP contribution in [0.1, 0.15) is 50.3 Å². The van der Waals surface area contributed by atoms with Gasteiger partial charge in [0.15, 0.2) is 0 Å². The molecule has 2 saturated heterocycles. The molecule has 42 heavy (non-hydrogen) atoms. The Morgan fingerprint density at radius 2 is 1.76 bits per heavy atom. The average Bonchev–Trinajstić information content (AvgIpc) is 3.18. The number of methoxy groups -OCH3 is 1. The number of benzene rings is 3. The van der Waals surface area contributed by atoms with Crippen molar-refractivity contribution in [3.8, 4) is 17.6 Å². The lowest BCUT2D eigenvalue weighted by Gasteiger charge is -2.45. The first-order chi connectivity index (χ1) is 20.2. The fraction of sp³-hybridized carbons (Fsp3) is 0.382. The molecular weight excluding hydrogens is 528 g/mol. The number of nitrogens with zero attached hydrogens (tertiary/aromatic N) is 4. The van der Waals surface area contributed by atoms with Gasteiger partial charge in [-0.1, -0.05) is 30.3 Å². The van der Waals surface area contributed by atoms with E-state index in [4.69, 9.17) is 9.47 Å². The van der Waals surface area contributed by atoms with Crippen molar-refractivity contribution in [1.82, 2.24) is 9.80 Å². The van der Waals surface area contributed by atoms with Gasteiger partial charge in [-0.05, 0) is 93.6 Å². The van der Waals surface area contributed by atoms with E-state index in [9.17, 15) is 14.9 Å². The van der Waals surface area contributed by atoms with Crippen molar-refractivity contribution in [3.05, 3.63) is 89.5 Å². The number of rotatable bonds is 9. The van der Waals surface area contributed by atoms with Crippen LogP contribution in [0.4, 0.5) is 10.5 Å². The van der Waals surface area contributed by atoms with Crippen LogP contribution < -0.4 is 14.4 Å². The van der Waals surface area contributed by atoms with Gasteiger partial charge in [0, 0.05) is 31.4 Å². The van der Waals surface area contributed by atoms with Gasteiger partial charge in [0.05, 0.1) is 24.8 Å². The molecular formula is C34H38N4O4. The predicted molar refractivity (Wildman–Crippen MR) is 161 cm³/mol. The van der Waals surface area contributed by atoms with Crippen LogP contribution in [-0.4, -0.2) is 59.6 Å². The van der Waals surface area contributed by atoms with Crippen LogP contribution in [0.15, 0.2) is 72.8 Å². The van der Waals surface area contributed by atoms with E-state index in [1.807, 2.05) is 56.3 Å². The van der Waals surface area contributed by atoms with Crippen LogP contribution in [0.2, 0.25) is 0 Å². The van der Waals surface area contributed by atoms with Gasteiger partial charge in [-0.3, -0.25) is 19.5 Å². The molecule has 0 bridgehead atoms. The van der Waals surface area contributed by atoms with E-state index in [1.54, 1.807) is 30.2 Å². The summed E-state index contributed by atoms with van der Waals surface area (Å²) in [5.41, 5.74) is 2.18. The largest absolute Gasteiger partial charge is 0.497 e. The minimum atomic E-state index is -1.01. The monoisotopic (exact) mass is 566 g/mol. The van der Waals surface area contributed by atoms with Crippen molar-refractivity contribution in [2.24, 2.45) is 0 Å². The third kappa shape index (κ3) is 5.83. The number of amides is 3. The Kier molecular flexibility index (Phi) is 8.51. The number of imide groups is 1. The second-order valence-corrected chi connectivity index (χ2v) is 11.5. The molecule has 0 aliphatic carbocycles. The fourth-order valence-electron chi connectivity index (χ4n) is 6.16. The molecule has 5 rings (SSSR count). The number of hydrogen-bond donors (Lipinski definition) is 0. The zero-order valence-electron chi connectivity index (χ0n) is 24.7. The van der Waals surface area contributed by atoms with Crippen LogP contribution in [0.25, 0.3) is 0 Å². The summed E-state index contributed by atoms with van der Waals surface area (Å²) in [4.78, 5) is 33.7. The van der Waals surface area contributed by atoms with Gasteiger partial charge in [-0.2, -0.15) is 5.26 Å². The highest BCUT2D eigenvalue weighted by Crippen LogP contribution is 2.43. The minimum absolute atomic E-state index is 0.0355. The van der Waals surface area contributed by atoms with E-state index in [1.165, 1.54) is 4.90 Å². The van der Waals surface area contributed by atoms with Crippen molar-refractivity contribution in [3.63, 3.8) is 0 Å². The second kappa shape index (κ2) is 12.3. The first kappa shape index (κ1) is 29.2. The third-order valence-corrected chi connectivity index (χ3v) is 8.23. The van der Waals surface area contributed by atoms with Crippen molar-refractivity contribution in [1.29, 1.82) is 5.26 Å². The number of anilines is 1. The summed E-state index contributed by atoms with van der Waals surface area (Å²) in [7, 11) is 1.62. The van der Waals surface area contributed by atoms with Crippen LogP contribution in [0.3, 0.4) is 0 Å². The number of urea groups is 1. The highest BCUT2D eigenvalue weighted by atomic mass is 16.5. The maximum Gasteiger partial charge on any atom is 0.332 e. The smallest absolute Gasteiger partial charge is 0.332 e. The Morgan fingerprint density at radius 1 is 1.00 bits per heavy atom. The first-order valence-corrected chi connectivity index (χ1v) is 14.5. The predicted octanol–water partition coefficient (Wildman–Crippen LogP) is 5.79. The van der Waals surface area contributed by atoms with Gasteiger partial charge in [0.25, 0.3) is 5.91 Å². The van der Waals surface area contributed by atoms with Crippen LogP contribution in [-0.2, 0) is 17.8 Å². The number of nitriles is 1. The number of piperidine rings is 1. The van der Waals surface area contributed by atoms with Gasteiger partial charge in [-0.25, -0.2) is 4.79 Å². The summed E-state index contributed by atoms with van der Waals surface area (Å²) in [5.74, 6) is 1.44. The van der Waals surface area contributed by atoms with E-state index < -0.39 is 5.54 Å². The molecule has 218 valence electrons. The molecule has 0 radical (unpaired) electrons. The Morgan fingerprint density at radius 3 is 2.45 bits per heavy atom. The Hall–Kier alpha value is -4.35. The molecule has 2 atom stereocenters. The van der Waals surface area contributed by atoms with Gasteiger partial charge in [0.2, 0.25) is 0 Å².